The summed E-state index contributed by atoms with van der Waals surface area (Å²) in [4.78, 5) is 3.04. The lowest BCUT2D eigenvalue weighted by Crippen LogP contribution is -2.30. The van der Waals surface area contributed by atoms with Crippen LogP contribution in [0.2, 0.25) is 0 Å². The summed E-state index contributed by atoms with van der Waals surface area (Å²) >= 11 is 0. The predicted molar refractivity (Wildman–Crippen MR) is 44.5 cm³/mol. The lowest BCUT2D eigenvalue weighted by Gasteiger charge is -1.88. The van der Waals surface area contributed by atoms with Gasteiger partial charge < -0.3 is 0 Å². The molecule has 0 saturated carbocycles. The van der Waals surface area contributed by atoms with E-state index >= 15 is 0 Å². The number of H-pyrrole nitrogens is 1. The Hall–Kier alpha value is -1.70. The molecule has 0 unspecified atom stereocenters. The molecule has 0 aromatic carbocycles. The third kappa shape index (κ3) is 1.32. The standard InChI is InChI=1S/C10H9N2/c1-2-7-12(8-3-1)10-5-4-6-11-9-10/h1-9H/q+1/p+1. The van der Waals surface area contributed by atoms with Crippen LogP contribution in [0.15, 0.2) is 55.1 Å². The molecule has 0 atom stereocenters. The van der Waals surface area contributed by atoms with Gasteiger partial charge in [0.05, 0.1) is 0 Å². The second-order valence-electron chi connectivity index (χ2n) is 2.54. The first kappa shape index (κ1) is 6.98. The van der Waals surface area contributed by atoms with Gasteiger partial charge in [-0.15, -0.1) is 0 Å². The van der Waals surface area contributed by atoms with E-state index in [2.05, 4.69) is 15.6 Å². The second kappa shape index (κ2) is 3.13. The molecule has 0 saturated heterocycles. The minimum absolute atomic E-state index is 1.14. The number of hydrogen-bond donors (Lipinski definition) is 0. The van der Waals surface area contributed by atoms with E-state index in [1.807, 2.05) is 49.1 Å². The van der Waals surface area contributed by atoms with E-state index in [9.17, 15) is 0 Å². The molecule has 2 aromatic heterocycles. The van der Waals surface area contributed by atoms with Crippen molar-refractivity contribution in [2.45, 2.75) is 0 Å². The number of nitrogens with zero attached hydrogens (tertiary/aromatic N) is 1. The quantitative estimate of drug-likeness (QED) is 0.546. The van der Waals surface area contributed by atoms with Gasteiger partial charge in [0.15, 0.2) is 18.6 Å². The molecule has 0 bridgehead atoms. The molecule has 0 radical (unpaired) electrons. The van der Waals surface area contributed by atoms with Gasteiger partial charge in [-0.25, -0.2) is 4.98 Å². The normalized spacial score (nSPS) is 9.67. The number of aromatic amines is 1. The van der Waals surface area contributed by atoms with Gasteiger partial charge in [-0.1, -0.05) is 6.07 Å². The van der Waals surface area contributed by atoms with Crippen molar-refractivity contribution in [3.63, 3.8) is 0 Å². The molecule has 2 heteroatoms. The van der Waals surface area contributed by atoms with Crippen LogP contribution in [0.1, 0.15) is 0 Å². The molecular weight excluding hydrogens is 148 g/mol. The molecule has 0 spiro atoms. The van der Waals surface area contributed by atoms with Crippen LogP contribution in [-0.2, 0) is 0 Å². The summed E-state index contributed by atoms with van der Waals surface area (Å²) in [5, 5.41) is 0. The van der Waals surface area contributed by atoms with Crippen molar-refractivity contribution in [2.75, 3.05) is 0 Å². The fourth-order valence-corrected chi connectivity index (χ4v) is 1.12. The first-order valence-electron chi connectivity index (χ1n) is 3.89. The number of hydrogen-bond acceptors (Lipinski definition) is 0. The number of aromatic nitrogens is 2. The molecular formula is C10H10N2+2. The summed E-state index contributed by atoms with van der Waals surface area (Å²) in [7, 11) is 0. The van der Waals surface area contributed by atoms with Crippen molar-refractivity contribution in [1.82, 2.24) is 0 Å². The molecule has 0 amide bonds. The zero-order chi connectivity index (χ0) is 8.23. The highest BCUT2D eigenvalue weighted by Gasteiger charge is 2.04. The van der Waals surface area contributed by atoms with E-state index in [0.29, 0.717) is 0 Å². The Balaban J connectivity index is 2.46. The maximum absolute atomic E-state index is 3.04. The van der Waals surface area contributed by atoms with E-state index in [-0.39, 0.29) is 0 Å². The average molecular weight is 158 g/mol. The Morgan fingerprint density at radius 3 is 2.50 bits per heavy atom. The first-order valence-corrected chi connectivity index (χ1v) is 3.89. The summed E-state index contributed by atoms with van der Waals surface area (Å²) in [5.74, 6) is 0. The van der Waals surface area contributed by atoms with E-state index in [1.165, 1.54) is 0 Å². The lowest BCUT2D eigenvalue weighted by molar-refractivity contribution is -0.601. The molecule has 0 aliphatic heterocycles. The molecule has 12 heavy (non-hydrogen) atoms. The average Bonchev–Trinajstić information content (AvgIpc) is 2.21. The van der Waals surface area contributed by atoms with Crippen LogP contribution in [0.3, 0.4) is 0 Å². The van der Waals surface area contributed by atoms with Crippen molar-refractivity contribution < 1.29 is 9.55 Å². The maximum atomic E-state index is 3.04. The fraction of sp³-hybridized carbons (Fsp3) is 0. The molecule has 0 fully saturated rings. The van der Waals surface area contributed by atoms with Crippen LogP contribution in [-0.4, -0.2) is 0 Å². The van der Waals surface area contributed by atoms with Gasteiger partial charge in [-0.3, -0.25) is 0 Å². The molecule has 2 aromatic rings. The Bertz CT molecular complexity index is 305. The SMILES string of the molecule is c1cc[n+](-c2ccc[nH+]c2)cc1. The number of rotatable bonds is 1. The summed E-state index contributed by atoms with van der Waals surface area (Å²) < 4.78 is 2.05. The maximum Gasteiger partial charge on any atom is 0.274 e. The van der Waals surface area contributed by atoms with Crippen LogP contribution >= 0.6 is 0 Å². The van der Waals surface area contributed by atoms with E-state index in [0.717, 1.165) is 5.69 Å². The Kier molecular flexibility index (Phi) is 1.82. The van der Waals surface area contributed by atoms with Gasteiger partial charge in [-0.05, 0) is 0 Å². The number of nitrogens with one attached hydrogen (secondary N) is 1. The van der Waals surface area contributed by atoms with E-state index < -0.39 is 0 Å². The first-order chi connectivity index (χ1) is 5.97. The lowest BCUT2D eigenvalue weighted by atomic mass is 10.4. The van der Waals surface area contributed by atoms with Crippen molar-refractivity contribution in [3.8, 4) is 5.69 Å². The van der Waals surface area contributed by atoms with Gasteiger partial charge in [0.2, 0.25) is 6.20 Å². The summed E-state index contributed by atoms with van der Waals surface area (Å²) in [6.07, 6.45) is 7.89. The highest BCUT2D eigenvalue weighted by atomic mass is 14.9. The molecule has 2 heterocycles. The Morgan fingerprint density at radius 2 is 1.83 bits per heavy atom. The van der Waals surface area contributed by atoms with Gasteiger partial charge in [-0.2, -0.15) is 4.57 Å². The molecule has 58 valence electrons. The molecule has 1 N–H and O–H groups in total. The van der Waals surface area contributed by atoms with Crippen molar-refractivity contribution >= 4 is 0 Å². The molecule has 2 nitrogen and oxygen atoms in total. The molecule has 0 aliphatic carbocycles. The van der Waals surface area contributed by atoms with Gasteiger partial charge in [0, 0.05) is 24.3 Å². The summed E-state index contributed by atoms with van der Waals surface area (Å²) in [6, 6.07) is 10.1. The summed E-state index contributed by atoms with van der Waals surface area (Å²) in [6.45, 7) is 0. The van der Waals surface area contributed by atoms with Crippen molar-refractivity contribution in [2.24, 2.45) is 0 Å². The third-order valence-electron chi connectivity index (χ3n) is 1.70. The Labute approximate surface area is 71.1 Å². The van der Waals surface area contributed by atoms with Gasteiger partial charge >= 0.3 is 0 Å². The second-order valence-corrected chi connectivity index (χ2v) is 2.54. The van der Waals surface area contributed by atoms with Crippen LogP contribution in [0, 0.1) is 0 Å². The highest BCUT2D eigenvalue weighted by molar-refractivity contribution is 5.12. The monoisotopic (exact) mass is 158 g/mol. The van der Waals surface area contributed by atoms with Gasteiger partial charge in [0.1, 0.15) is 0 Å². The van der Waals surface area contributed by atoms with Crippen LogP contribution < -0.4 is 9.55 Å². The van der Waals surface area contributed by atoms with E-state index in [4.69, 9.17) is 0 Å². The Morgan fingerprint density at radius 1 is 1.00 bits per heavy atom. The molecule has 2 rings (SSSR count). The zero-order valence-electron chi connectivity index (χ0n) is 6.64. The smallest absolute Gasteiger partial charge is 0.212 e. The van der Waals surface area contributed by atoms with Gasteiger partial charge in [0.25, 0.3) is 5.69 Å². The van der Waals surface area contributed by atoms with Crippen LogP contribution in [0.5, 0.6) is 0 Å². The van der Waals surface area contributed by atoms with Crippen molar-refractivity contribution in [3.05, 3.63) is 55.1 Å². The fourth-order valence-electron chi connectivity index (χ4n) is 1.12. The molecule has 0 aliphatic rings. The topological polar surface area (TPSA) is 18.0 Å². The highest BCUT2D eigenvalue weighted by Crippen LogP contribution is 1.90. The minimum Gasteiger partial charge on any atom is -0.212 e. The van der Waals surface area contributed by atoms with Crippen LogP contribution in [0.25, 0.3) is 5.69 Å². The third-order valence-corrected chi connectivity index (χ3v) is 1.70. The number of pyridine rings is 2. The largest absolute Gasteiger partial charge is 0.274 e. The van der Waals surface area contributed by atoms with Crippen LogP contribution in [0.4, 0.5) is 0 Å². The zero-order valence-corrected chi connectivity index (χ0v) is 6.64. The van der Waals surface area contributed by atoms with E-state index in [1.54, 1.807) is 0 Å². The predicted octanol–water partition coefficient (Wildman–Crippen LogP) is 0.777. The summed E-state index contributed by atoms with van der Waals surface area (Å²) in [5.41, 5.74) is 1.14. The van der Waals surface area contributed by atoms with Crippen molar-refractivity contribution in [1.29, 1.82) is 0 Å². The minimum atomic E-state index is 1.14.